The average Bonchev–Trinajstić information content (AvgIpc) is 2.38. The minimum atomic E-state index is -4.59. The molecule has 21 heavy (non-hydrogen) atoms. The molecule has 114 valence electrons. The summed E-state index contributed by atoms with van der Waals surface area (Å²) in [7, 11) is -4.08. The second kappa shape index (κ2) is 5.53. The molecular formula is C13H13F3N2O2S. The Bertz CT molecular complexity index is 664. The average molecular weight is 318 g/mol. The number of allylic oxidation sites excluding steroid dienone is 2. The first kappa shape index (κ1) is 15.6. The Morgan fingerprint density at radius 1 is 1.14 bits per heavy atom. The SMILES string of the molecule is Cc1ccc(S(=O)(=O)NN2C=CC=CC2C(F)(F)F)cc1. The molecule has 1 aromatic rings. The van der Waals surface area contributed by atoms with Gasteiger partial charge in [-0.2, -0.15) is 13.2 Å². The number of rotatable bonds is 3. The van der Waals surface area contributed by atoms with Gasteiger partial charge in [0.2, 0.25) is 0 Å². The van der Waals surface area contributed by atoms with E-state index < -0.39 is 22.2 Å². The molecule has 1 aromatic carbocycles. The predicted molar refractivity (Wildman–Crippen MR) is 71.5 cm³/mol. The molecule has 1 aliphatic heterocycles. The van der Waals surface area contributed by atoms with E-state index in [0.717, 1.165) is 17.8 Å². The van der Waals surface area contributed by atoms with E-state index in [2.05, 4.69) is 0 Å². The summed E-state index contributed by atoms with van der Waals surface area (Å²) < 4.78 is 62.8. The van der Waals surface area contributed by atoms with Crippen molar-refractivity contribution >= 4 is 10.0 Å². The van der Waals surface area contributed by atoms with Gasteiger partial charge < -0.3 is 0 Å². The maximum absolute atomic E-state index is 12.9. The van der Waals surface area contributed by atoms with Crippen LogP contribution in [0.3, 0.4) is 0 Å². The van der Waals surface area contributed by atoms with E-state index in [1.54, 1.807) is 19.1 Å². The van der Waals surface area contributed by atoms with E-state index in [1.165, 1.54) is 24.3 Å². The lowest BCUT2D eigenvalue weighted by Gasteiger charge is -2.31. The van der Waals surface area contributed by atoms with Crippen molar-refractivity contribution in [1.82, 2.24) is 9.84 Å². The molecule has 0 aromatic heterocycles. The lowest BCUT2D eigenvalue weighted by molar-refractivity contribution is -0.167. The molecule has 0 bridgehead atoms. The van der Waals surface area contributed by atoms with Crippen molar-refractivity contribution < 1.29 is 21.6 Å². The van der Waals surface area contributed by atoms with Crippen LogP contribution in [0.25, 0.3) is 0 Å². The molecule has 1 N–H and O–H groups in total. The summed E-state index contributed by atoms with van der Waals surface area (Å²) in [6.07, 6.45) is -0.145. The number of aryl methyl sites for hydroxylation is 1. The molecule has 0 amide bonds. The number of benzene rings is 1. The van der Waals surface area contributed by atoms with Crippen LogP contribution in [0.2, 0.25) is 0 Å². The smallest absolute Gasteiger partial charge is 0.286 e. The van der Waals surface area contributed by atoms with Crippen molar-refractivity contribution in [2.75, 3.05) is 0 Å². The highest BCUT2D eigenvalue weighted by Crippen LogP contribution is 2.27. The van der Waals surface area contributed by atoms with Crippen LogP contribution in [0.1, 0.15) is 5.56 Å². The molecule has 1 aliphatic rings. The van der Waals surface area contributed by atoms with Crippen LogP contribution in [-0.2, 0) is 10.0 Å². The van der Waals surface area contributed by atoms with Crippen LogP contribution in [0, 0.1) is 6.92 Å². The van der Waals surface area contributed by atoms with E-state index >= 15 is 0 Å². The second-order valence-corrected chi connectivity index (χ2v) is 6.19. The van der Waals surface area contributed by atoms with E-state index in [1.807, 2.05) is 4.83 Å². The van der Waals surface area contributed by atoms with Gasteiger partial charge in [-0.25, -0.2) is 8.42 Å². The minimum Gasteiger partial charge on any atom is -0.286 e. The molecule has 0 radical (unpaired) electrons. The Balaban J connectivity index is 2.25. The van der Waals surface area contributed by atoms with Gasteiger partial charge >= 0.3 is 6.18 Å². The third-order valence-electron chi connectivity index (χ3n) is 2.84. The van der Waals surface area contributed by atoms with Gasteiger partial charge in [0.05, 0.1) is 4.90 Å². The number of alkyl halides is 3. The molecule has 4 nitrogen and oxygen atoms in total. The monoisotopic (exact) mass is 318 g/mol. The lowest BCUT2D eigenvalue weighted by atomic mass is 10.2. The highest BCUT2D eigenvalue weighted by Gasteiger charge is 2.43. The highest BCUT2D eigenvalue weighted by atomic mass is 32.2. The maximum atomic E-state index is 12.9. The van der Waals surface area contributed by atoms with Crippen molar-refractivity contribution in [2.45, 2.75) is 24.0 Å². The first-order chi connectivity index (χ1) is 9.70. The predicted octanol–water partition coefficient (Wildman–Crippen LogP) is 2.50. The van der Waals surface area contributed by atoms with Crippen LogP contribution in [0.4, 0.5) is 13.2 Å². The standard InChI is InChI=1S/C13H13F3N2O2S/c1-10-5-7-11(8-6-10)21(19,20)17-18-9-3-2-4-12(18)13(14,15)16/h2-9,12,17H,1H3. The normalized spacial score (nSPS) is 19.0. The van der Waals surface area contributed by atoms with Crippen LogP contribution in [0.15, 0.2) is 53.6 Å². The van der Waals surface area contributed by atoms with Crippen molar-refractivity contribution in [3.63, 3.8) is 0 Å². The fourth-order valence-electron chi connectivity index (χ4n) is 1.76. The summed E-state index contributed by atoms with van der Waals surface area (Å²) in [4.78, 5) is 1.84. The summed E-state index contributed by atoms with van der Waals surface area (Å²) in [6, 6.07) is 3.78. The summed E-state index contributed by atoms with van der Waals surface area (Å²) in [5.41, 5.74) is 0.850. The fourth-order valence-corrected chi connectivity index (χ4v) is 2.81. The number of hydrogen-bond donors (Lipinski definition) is 1. The molecule has 1 atom stereocenters. The van der Waals surface area contributed by atoms with Gasteiger partial charge in [-0.15, -0.1) is 4.83 Å². The van der Waals surface area contributed by atoms with Gasteiger partial charge in [0.15, 0.2) is 6.04 Å². The first-order valence-corrected chi connectivity index (χ1v) is 7.48. The van der Waals surface area contributed by atoms with Crippen LogP contribution in [0.5, 0.6) is 0 Å². The molecule has 1 unspecified atom stereocenters. The highest BCUT2D eigenvalue weighted by molar-refractivity contribution is 7.89. The zero-order valence-corrected chi connectivity index (χ0v) is 11.8. The molecule has 0 fully saturated rings. The van der Waals surface area contributed by atoms with Gasteiger partial charge in [0.1, 0.15) is 0 Å². The number of nitrogens with one attached hydrogen (secondary N) is 1. The summed E-state index contributed by atoms with van der Waals surface area (Å²) in [6.45, 7) is 1.78. The molecule has 8 heteroatoms. The van der Waals surface area contributed by atoms with Gasteiger partial charge in [0, 0.05) is 6.20 Å². The molecule has 2 rings (SSSR count). The molecule has 0 aliphatic carbocycles. The largest absolute Gasteiger partial charge is 0.413 e. The third-order valence-corrected chi connectivity index (χ3v) is 4.19. The molecule has 0 saturated heterocycles. The summed E-state index contributed by atoms with van der Waals surface area (Å²) >= 11 is 0. The van der Waals surface area contributed by atoms with Crippen molar-refractivity contribution in [3.05, 3.63) is 54.3 Å². The van der Waals surface area contributed by atoms with Crippen LogP contribution < -0.4 is 4.83 Å². The van der Waals surface area contributed by atoms with E-state index in [4.69, 9.17) is 0 Å². The van der Waals surface area contributed by atoms with Crippen molar-refractivity contribution in [3.8, 4) is 0 Å². The number of hydrogen-bond acceptors (Lipinski definition) is 3. The number of sulfonamides is 1. The van der Waals surface area contributed by atoms with Gasteiger partial charge in [-0.1, -0.05) is 29.8 Å². The van der Waals surface area contributed by atoms with E-state index in [-0.39, 0.29) is 4.90 Å². The summed E-state index contributed by atoms with van der Waals surface area (Å²) in [5.74, 6) is 0. The second-order valence-electron chi connectivity index (χ2n) is 4.53. The van der Waals surface area contributed by atoms with E-state index in [0.29, 0.717) is 5.01 Å². The van der Waals surface area contributed by atoms with Gasteiger partial charge in [-0.3, -0.25) is 5.01 Å². The number of halogens is 3. The van der Waals surface area contributed by atoms with Gasteiger partial charge in [0.25, 0.3) is 10.0 Å². The summed E-state index contributed by atoms with van der Waals surface area (Å²) in [5, 5.41) is 0.523. The Morgan fingerprint density at radius 2 is 1.76 bits per heavy atom. The zero-order chi connectivity index (χ0) is 15.7. The Labute approximate surface area is 120 Å². The van der Waals surface area contributed by atoms with Crippen LogP contribution in [-0.4, -0.2) is 25.6 Å². The molecule has 0 saturated carbocycles. The van der Waals surface area contributed by atoms with Crippen molar-refractivity contribution in [2.24, 2.45) is 0 Å². The van der Waals surface area contributed by atoms with Crippen molar-refractivity contribution in [1.29, 1.82) is 0 Å². The number of hydrazine groups is 1. The molecule has 1 heterocycles. The van der Waals surface area contributed by atoms with E-state index in [9.17, 15) is 21.6 Å². The lowest BCUT2D eigenvalue weighted by Crippen LogP contribution is -2.51. The fraction of sp³-hybridized carbons (Fsp3) is 0.231. The van der Waals surface area contributed by atoms with Gasteiger partial charge in [-0.05, 0) is 25.1 Å². The molecular weight excluding hydrogens is 305 g/mol. The Kier molecular flexibility index (Phi) is 4.11. The quantitative estimate of drug-likeness (QED) is 0.931. The minimum absolute atomic E-state index is 0.100. The Morgan fingerprint density at radius 3 is 2.33 bits per heavy atom. The topological polar surface area (TPSA) is 49.4 Å². The molecule has 0 spiro atoms. The Hall–Kier alpha value is -1.80. The van der Waals surface area contributed by atoms with Crippen LogP contribution >= 0.6 is 0 Å². The number of nitrogens with zero attached hydrogens (tertiary/aromatic N) is 1. The zero-order valence-electron chi connectivity index (χ0n) is 11.0. The third kappa shape index (κ3) is 3.64. The first-order valence-electron chi connectivity index (χ1n) is 5.99. The maximum Gasteiger partial charge on any atom is 0.413 e.